The first-order valence-corrected chi connectivity index (χ1v) is 11.2. The van der Waals surface area contributed by atoms with Gasteiger partial charge >= 0.3 is 5.97 Å². The number of carbonyl (C=O) groups excluding carboxylic acids is 2. The molecule has 1 atom stereocenters. The molecule has 0 spiro atoms. The summed E-state index contributed by atoms with van der Waals surface area (Å²) in [5.74, 6) is -0.721. The van der Waals surface area contributed by atoms with Crippen LogP contribution < -0.4 is 4.31 Å². The third-order valence-electron chi connectivity index (χ3n) is 5.12. The molecule has 8 heteroatoms. The zero-order valence-corrected chi connectivity index (χ0v) is 16.6. The Morgan fingerprint density at radius 1 is 1.07 bits per heavy atom. The molecular formula is C19H26N2O5S. The van der Waals surface area contributed by atoms with Crippen molar-refractivity contribution >= 4 is 27.6 Å². The van der Waals surface area contributed by atoms with E-state index in [4.69, 9.17) is 4.74 Å². The standard InChI is InChI=1S/C19H26N2O5S/c1-14(18(22)20-10-5-3-4-6-11-20)26-19(23)16-7-8-17-15(13-16)9-12-21(17)27(2,24)25/h7-8,13-14H,3-6,9-12H2,1-2H3/t14-/m1/s1. The van der Waals surface area contributed by atoms with Crippen LogP contribution in [0.1, 0.15) is 48.5 Å². The number of benzene rings is 1. The molecule has 0 bridgehead atoms. The number of carbonyl (C=O) groups is 2. The van der Waals surface area contributed by atoms with Gasteiger partial charge in [0.15, 0.2) is 6.10 Å². The Balaban J connectivity index is 1.67. The van der Waals surface area contributed by atoms with Crippen molar-refractivity contribution < 1.29 is 22.7 Å². The first kappa shape index (κ1) is 19.7. The molecule has 7 nitrogen and oxygen atoms in total. The van der Waals surface area contributed by atoms with E-state index in [1.165, 1.54) is 10.6 Å². The van der Waals surface area contributed by atoms with Crippen molar-refractivity contribution in [3.8, 4) is 0 Å². The highest BCUT2D eigenvalue weighted by Crippen LogP contribution is 2.31. The third kappa shape index (κ3) is 4.43. The molecule has 0 N–H and O–H groups in total. The van der Waals surface area contributed by atoms with E-state index in [0.29, 0.717) is 37.3 Å². The number of nitrogens with zero attached hydrogens (tertiary/aromatic N) is 2. The second-order valence-electron chi connectivity index (χ2n) is 7.22. The van der Waals surface area contributed by atoms with E-state index in [9.17, 15) is 18.0 Å². The van der Waals surface area contributed by atoms with Crippen LogP contribution in [0.15, 0.2) is 18.2 Å². The molecule has 0 unspecified atom stereocenters. The van der Waals surface area contributed by atoms with Crippen molar-refractivity contribution in [1.82, 2.24) is 4.90 Å². The number of hydrogen-bond acceptors (Lipinski definition) is 5. The number of likely N-dealkylation sites (tertiary alicyclic amines) is 1. The molecule has 1 aromatic rings. The fourth-order valence-corrected chi connectivity index (χ4v) is 4.63. The van der Waals surface area contributed by atoms with Crippen molar-refractivity contribution in [3.05, 3.63) is 29.3 Å². The quantitative estimate of drug-likeness (QED) is 0.729. The Hall–Kier alpha value is -2.09. The van der Waals surface area contributed by atoms with Crippen LogP contribution in [-0.2, 0) is 26.0 Å². The average Bonchev–Trinajstić information content (AvgIpc) is 2.87. The summed E-state index contributed by atoms with van der Waals surface area (Å²) >= 11 is 0. The summed E-state index contributed by atoms with van der Waals surface area (Å²) in [4.78, 5) is 26.8. The van der Waals surface area contributed by atoms with Gasteiger partial charge in [-0.1, -0.05) is 12.8 Å². The summed E-state index contributed by atoms with van der Waals surface area (Å²) < 4.78 is 30.3. The fourth-order valence-electron chi connectivity index (χ4n) is 3.67. The SMILES string of the molecule is C[C@@H](OC(=O)c1ccc2c(c1)CCN2S(C)(=O)=O)C(=O)N1CCCCCC1. The van der Waals surface area contributed by atoms with Gasteiger partial charge in [-0.3, -0.25) is 9.10 Å². The van der Waals surface area contributed by atoms with Crippen LogP contribution >= 0.6 is 0 Å². The van der Waals surface area contributed by atoms with Crippen LogP contribution in [0.25, 0.3) is 0 Å². The predicted molar refractivity (Wildman–Crippen MR) is 102 cm³/mol. The zero-order chi connectivity index (χ0) is 19.6. The van der Waals surface area contributed by atoms with Crippen LogP contribution in [0.2, 0.25) is 0 Å². The molecule has 2 aliphatic rings. The number of ether oxygens (including phenoxy) is 1. The van der Waals surface area contributed by atoms with Crippen LogP contribution in [0.4, 0.5) is 5.69 Å². The Morgan fingerprint density at radius 3 is 2.37 bits per heavy atom. The second kappa shape index (κ2) is 7.88. The number of hydrogen-bond donors (Lipinski definition) is 0. The molecule has 0 radical (unpaired) electrons. The van der Waals surface area contributed by atoms with Gasteiger partial charge in [0, 0.05) is 19.6 Å². The lowest BCUT2D eigenvalue weighted by atomic mass is 10.1. The average molecular weight is 394 g/mol. The van der Waals surface area contributed by atoms with Crippen molar-refractivity contribution in [1.29, 1.82) is 0 Å². The molecule has 1 saturated heterocycles. The lowest BCUT2D eigenvalue weighted by Gasteiger charge is -2.24. The van der Waals surface area contributed by atoms with Crippen LogP contribution in [-0.4, -0.2) is 57.2 Å². The zero-order valence-electron chi connectivity index (χ0n) is 15.8. The first-order chi connectivity index (χ1) is 12.8. The molecular weight excluding hydrogens is 368 g/mol. The summed E-state index contributed by atoms with van der Waals surface area (Å²) in [5.41, 5.74) is 1.73. The maximum atomic E-state index is 12.5. The molecule has 3 rings (SSSR count). The van der Waals surface area contributed by atoms with E-state index in [1.54, 1.807) is 30.0 Å². The molecule has 1 amide bonds. The Kier molecular flexibility index (Phi) is 5.74. The van der Waals surface area contributed by atoms with E-state index in [2.05, 4.69) is 0 Å². The summed E-state index contributed by atoms with van der Waals surface area (Å²) in [7, 11) is -3.33. The minimum atomic E-state index is -3.33. The second-order valence-corrected chi connectivity index (χ2v) is 9.12. The number of fused-ring (bicyclic) bond motifs is 1. The van der Waals surface area contributed by atoms with E-state index < -0.39 is 22.1 Å². The monoisotopic (exact) mass is 394 g/mol. The molecule has 0 aliphatic carbocycles. The van der Waals surface area contributed by atoms with Gasteiger partial charge in [0.05, 0.1) is 17.5 Å². The number of anilines is 1. The molecule has 2 aliphatic heterocycles. The number of amides is 1. The van der Waals surface area contributed by atoms with E-state index in [1.807, 2.05) is 0 Å². The number of sulfonamides is 1. The van der Waals surface area contributed by atoms with E-state index in [0.717, 1.165) is 31.2 Å². The highest BCUT2D eigenvalue weighted by Gasteiger charge is 2.28. The molecule has 27 heavy (non-hydrogen) atoms. The van der Waals surface area contributed by atoms with Gasteiger partial charge in [-0.05, 0) is 49.9 Å². The maximum Gasteiger partial charge on any atom is 0.338 e. The topological polar surface area (TPSA) is 84.0 Å². The van der Waals surface area contributed by atoms with Crippen LogP contribution in [0.3, 0.4) is 0 Å². The van der Waals surface area contributed by atoms with Crippen molar-refractivity contribution in [2.24, 2.45) is 0 Å². The van der Waals surface area contributed by atoms with Crippen molar-refractivity contribution in [3.63, 3.8) is 0 Å². The molecule has 1 aromatic carbocycles. The largest absolute Gasteiger partial charge is 0.449 e. The van der Waals surface area contributed by atoms with Gasteiger partial charge in [0.2, 0.25) is 10.0 Å². The smallest absolute Gasteiger partial charge is 0.338 e. The number of rotatable bonds is 4. The van der Waals surface area contributed by atoms with E-state index >= 15 is 0 Å². The van der Waals surface area contributed by atoms with Gasteiger partial charge in [-0.2, -0.15) is 0 Å². The van der Waals surface area contributed by atoms with E-state index in [-0.39, 0.29) is 5.91 Å². The Labute approximate surface area is 160 Å². The maximum absolute atomic E-state index is 12.5. The lowest BCUT2D eigenvalue weighted by Crippen LogP contribution is -2.40. The van der Waals surface area contributed by atoms with Crippen molar-refractivity contribution in [2.45, 2.75) is 45.1 Å². The fraction of sp³-hybridized carbons (Fsp3) is 0.579. The first-order valence-electron chi connectivity index (χ1n) is 9.38. The summed E-state index contributed by atoms with van der Waals surface area (Å²) in [6.07, 6.45) is 5.08. The highest BCUT2D eigenvalue weighted by atomic mass is 32.2. The van der Waals surface area contributed by atoms with Gasteiger partial charge in [-0.25, -0.2) is 13.2 Å². The van der Waals surface area contributed by atoms with Gasteiger partial charge in [-0.15, -0.1) is 0 Å². The lowest BCUT2D eigenvalue weighted by molar-refractivity contribution is -0.139. The molecule has 2 heterocycles. The highest BCUT2D eigenvalue weighted by molar-refractivity contribution is 7.92. The summed E-state index contributed by atoms with van der Waals surface area (Å²) in [5, 5.41) is 0. The number of esters is 1. The normalized spacial score (nSPS) is 18.6. The minimum Gasteiger partial charge on any atom is -0.449 e. The summed E-state index contributed by atoms with van der Waals surface area (Å²) in [6, 6.07) is 4.83. The molecule has 1 fully saturated rings. The third-order valence-corrected chi connectivity index (χ3v) is 6.30. The predicted octanol–water partition coefficient (Wildman–Crippen LogP) is 1.96. The minimum absolute atomic E-state index is 0.158. The summed E-state index contributed by atoms with van der Waals surface area (Å²) in [6.45, 7) is 3.39. The Bertz CT molecular complexity index is 829. The van der Waals surface area contributed by atoms with Gasteiger partial charge < -0.3 is 9.64 Å². The van der Waals surface area contributed by atoms with Crippen LogP contribution in [0, 0.1) is 0 Å². The molecule has 0 saturated carbocycles. The van der Waals surface area contributed by atoms with Gasteiger partial charge in [0.25, 0.3) is 5.91 Å². The molecule has 148 valence electrons. The Morgan fingerprint density at radius 2 is 1.74 bits per heavy atom. The van der Waals surface area contributed by atoms with Crippen molar-refractivity contribution in [2.75, 3.05) is 30.2 Å². The molecule has 0 aromatic heterocycles. The van der Waals surface area contributed by atoms with Crippen LogP contribution in [0.5, 0.6) is 0 Å². The van der Waals surface area contributed by atoms with Gasteiger partial charge in [0.1, 0.15) is 0 Å².